The van der Waals surface area contributed by atoms with Crippen LogP contribution in [0.1, 0.15) is 12.8 Å². The van der Waals surface area contributed by atoms with E-state index in [2.05, 4.69) is 11.9 Å². The lowest BCUT2D eigenvalue weighted by Gasteiger charge is -2.31. The Morgan fingerprint density at radius 1 is 1.40 bits per heavy atom. The van der Waals surface area contributed by atoms with Crippen molar-refractivity contribution in [2.75, 3.05) is 13.1 Å². The molecule has 0 saturated carbocycles. The number of halogens is 1. The zero-order valence-electron chi connectivity index (χ0n) is 8.33. The maximum Gasteiger partial charge on any atom is 0.312 e. The van der Waals surface area contributed by atoms with Gasteiger partial charge in [-0.2, -0.15) is 0 Å². The lowest BCUT2D eigenvalue weighted by atomic mass is 10.1. The van der Waals surface area contributed by atoms with Gasteiger partial charge in [0.25, 0.3) is 5.91 Å². The van der Waals surface area contributed by atoms with Crippen molar-refractivity contribution in [1.29, 1.82) is 0 Å². The second-order valence-electron chi connectivity index (χ2n) is 3.48. The van der Waals surface area contributed by atoms with E-state index in [0.29, 0.717) is 25.9 Å². The Kier molecular flexibility index (Phi) is 3.96. The molecule has 3 amide bonds. The first-order valence-electron chi connectivity index (χ1n) is 4.70. The molecule has 1 saturated heterocycles. The highest BCUT2D eigenvalue weighted by Gasteiger charge is 2.23. The van der Waals surface area contributed by atoms with Gasteiger partial charge in [0.1, 0.15) is 0 Å². The Labute approximate surface area is 93.2 Å². The number of nitrogens with two attached hydrogens (primary N) is 1. The van der Waals surface area contributed by atoms with Crippen LogP contribution in [0.3, 0.4) is 0 Å². The Balaban J connectivity index is 2.39. The van der Waals surface area contributed by atoms with Gasteiger partial charge >= 0.3 is 6.03 Å². The molecule has 1 heterocycles. The van der Waals surface area contributed by atoms with Crippen molar-refractivity contribution in [1.82, 2.24) is 10.2 Å². The van der Waals surface area contributed by atoms with E-state index >= 15 is 0 Å². The van der Waals surface area contributed by atoms with Crippen molar-refractivity contribution in [3.8, 4) is 0 Å². The van der Waals surface area contributed by atoms with Crippen LogP contribution in [0.25, 0.3) is 0 Å². The van der Waals surface area contributed by atoms with E-state index in [9.17, 15) is 9.59 Å². The number of likely N-dealkylation sites (tertiary alicyclic amines) is 1. The number of piperidine rings is 1. The minimum absolute atomic E-state index is 0.0244. The zero-order valence-corrected chi connectivity index (χ0v) is 9.09. The number of carbonyl (C=O) groups excluding carboxylic acids is 2. The predicted octanol–water partition coefficient (Wildman–Crippen LogP) is 0.398. The number of nitrogens with zero attached hydrogens (tertiary/aromatic N) is 1. The van der Waals surface area contributed by atoms with E-state index in [-0.39, 0.29) is 17.0 Å². The molecule has 0 aliphatic carbocycles. The summed E-state index contributed by atoms with van der Waals surface area (Å²) in [6.07, 6.45) is 1.39. The van der Waals surface area contributed by atoms with Gasteiger partial charge in [-0.3, -0.25) is 4.79 Å². The Morgan fingerprint density at radius 3 is 2.33 bits per heavy atom. The third-order valence-corrected chi connectivity index (χ3v) is 2.52. The van der Waals surface area contributed by atoms with Gasteiger partial charge < -0.3 is 16.0 Å². The summed E-state index contributed by atoms with van der Waals surface area (Å²) in [6.45, 7) is 4.51. The van der Waals surface area contributed by atoms with E-state index in [1.54, 1.807) is 4.90 Å². The molecular weight excluding hydrogens is 218 g/mol. The van der Waals surface area contributed by atoms with Crippen molar-refractivity contribution in [2.45, 2.75) is 18.9 Å². The van der Waals surface area contributed by atoms with E-state index in [1.807, 2.05) is 0 Å². The summed E-state index contributed by atoms with van der Waals surface area (Å²) in [5.41, 5.74) is 5.00. The molecule has 15 heavy (non-hydrogen) atoms. The number of urea groups is 1. The quantitative estimate of drug-likeness (QED) is 0.675. The van der Waals surface area contributed by atoms with Gasteiger partial charge in [-0.1, -0.05) is 18.2 Å². The van der Waals surface area contributed by atoms with Crippen molar-refractivity contribution < 1.29 is 9.59 Å². The number of hydrogen-bond donors (Lipinski definition) is 2. The van der Waals surface area contributed by atoms with Crippen molar-refractivity contribution >= 4 is 23.5 Å². The van der Waals surface area contributed by atoms with E-state index in [0.717, 1.165) is 0 Å². The minimum atomic E-state index is -0.526. The third-order valence-electron chi connectivity index (χ3n) is 2.36. The summed E-state index contributed by atoms with van der Waals surface area (Å²) in [4.78, 5) is 23.6. The molecule has 84 valence electrons. The summed E-state index contributed by atoms with van der Waals surface area (Å²) < 4.78 is 0. The number of nitrogens with one attached hydrogen (secondary N) is 1. The molecule has 5 nitrogen and oxygen atoms in total. The molecule has 0 aromatic heterocycles. The zero-order chi connectivity index (χ0) is 11.4. The van der Waals surface area contributed by atoms with Crippen molar-refractivity contribution in [3.05, 3.63) is 11.6 Å². The number of amides is 3. The molecule has 0 radical (unpaired) electrons. The average molecular weight is 232 g/mol. The smallest absolute Gasteiger partial charge is 0.312 e. The van der Waals surface area contributed by atoms with Gasteiger partial charge in [-0.25, -0.2) is 4.79 Å². The van der Waals surface area contributed by atoms with Crippen LogP contribution < -0.4 is 11.1 Å². The second-order valence-corrected chi connectivity index (χ2v) is 3.94. The van der Waals surface area contributed by atoms with Crippen molar-refractivity contribution in [2.24, 2.45) is 5.73 Å². The Morgan fingerprint density at radius 2 is 1.93 bits per heavy atom. The fourth-order valence-electron chi connectivity index (χ4n) is 1.60. The lowest BCUT2D eigenvalue weighted by molar-refractivity contribution is -0.127. The first-order chi connectivity index (χ1) is 7.00. The Bertz CT molecular complexity index is 285. The molecule has 1 rings (SSSR count). The average Bonchev–Trinajstić information content (AvgIpc) is 2.17. The summed E-state index contributed by atoms with van der Waals surface area (Å²) in [7, 11) is 0. The minimum Gasteiger partial charge on any atom is -0.352 e. The summed E-state index contributed by atoms with van der Waals surface area (Å²) >= 11 is 5.51. The number of carbonyl (C=O) groups is 2. The number of hydrogen-bond acceptors (Lipinski definition) is 2. The van der Waals surface area contributed by atoms with Crippen molar-refractivity contribution in [3.63, 3.8) is 0 Å². The lowest BCUT2D eigenvalue weighted by Crippen LogP contribution is -2.47. The molecular formula is C9H14ClN3O2. The van der Waals surface area contributed by atoms with Gasteiger partial charge in [0.2, 0.25) is 0 Å². The topological polar surface area (TPSA) is 75.4 Å². The second kappa shape index (κ2) is 5.02. The highest BCUT2D eigenvalue weighted by molar-refractivity contribution is 6.41. The maximum atomic E-state index is 11.4. The fourth-order valence-corrected chi connectivity index (χ4v) is 1.72. The van der Waals surface area contributed by atoms with E-state index in [1.165, 1.54) is 0 Å². The Hall–Kier alpha value is -1.23. The van der Waals surface area contributed by atoms with E-state index in [4.69, 9.17) is 17.3 Å². The molecule has 1 aliphatic heterocycles. The first-order valence-corrected chi connectivity index (χ1v) is 5.08. The molecule has 0 unspecified atom stereocenters. The summed E-state index contributed by atoms with van der Waals surface area (Å²) in [5, 5.41) is 2.64. The predicted molar refractivity (Wildman–Crippen MR) is 57.3 cm³/mol. The SMILES string of the molecule is C=C(Cl)C(=O)N1CCC(NC(N)=O)CC1. The largest absolute Gasteiger partial charge is 0.352 e. The standard InChI is InChI=1S/C9H14ClN3O2/c1-6(10)8(14)13-4-2-7(3-5-13)12-9(11)15/h7H,1-5H2,(H3,11,12,15). The van der Waals surface area contributed by atoms with Crippen LogP contribution >= 0.6 is 11.6 Å². The van der Waals surface area contributed by atoms with Gasteiger partial charge in [0.15, 0.2) is 0 Å². The fraction of sp³-hybridized carbons (Fsp3) is 0.556. The van der Waals surface area contributed by atoms with Crippen LogP contribution in [-0.4, -0.2) is 36.0 Å². The normalized spacial score (nSPS) is 17.3. The summed E-state index contributed by atoms with van der Waals surface area (Å²) in [5.74, 6) is -0.241. The molecule has 1 fully saturated rings. The van der Waals surface area contributed by atoms with Gasteiger partial charge in [-0.05, 0) is 12.8 Å². The number of rotatable bonds is 2. The molecule has 0 bridgehead atoms. The van der Waals surface area contributed by atoms with Gasteiger partial charge in [0.05, 0.1) is 5.03 Å². The highest BCUT2D eigenvalue weighted by Crippen LogP contribution is 2.13. The van der Waals surface area contributed by atoms with Crippen LogP contribution in [-0.2, 0) is 4.79 Å². The van der Waals surface area contributed by atoms with Gasteiger partial charge in [-0.15, -0.1) is 0 Å². The first kappa shape index (κ1) is 11.8. The van der Waals surface area contributed by atoms with Crippen LogP contribution in [0.15, 0.2) is 11.6 Å². The van der Waals surface area contributed by atoms with Crippen LogP contribution in [0, 0.1) is 0 Å². The van der Waals surface area contributed by atoms with Crippen LogP contribution in [0.5, 0.6) is 0 Å². The van der Waals surface area contributed by atoms with Crippen LogP contribution in [0.4, 0.5) is 4.79 Å². The van der Waals surface area contributed by atoms with E-state index < -0.39 is 6.03 Å². The van der Waals surface area contributed by atoms with Crippen LogP contribution in [0.2, 0.25) is 0 Å². The number of primary amides is 1. The molecule has 0 spiro atoms. The summed E-state index contributed by atoms with van der Waals surface area (Å²) in [6, 6.07) is -0.475. The van der Waals surface area contributed by atoms with Gasteiger partial charge in [0, 0.05) is 19.1 Å². The molecule has 0 atom stereocenters. The molecule has 1 aliphatic rings. The molecule has 0 aromatic carbocycles. The third kappa shape index (κ3) is 3.43. The molecule has 6 heteroatoms. The highest BCUT2D eigenvalue weighted by atomic mass is 35.5. The molecule has 0 aromatic rings. The maximum absolute atomic E-state index is 11.4. The molecule has 3 N–H and O–H groups in total. The monoisotopic (exact) mass is 231 g/mol.